The lowest BCUT2D eigenvalue weighted by Gasteiger charge is -2.12. The van der Waals surface area contributed by atoms with E-state index >= 15 is 0 Å². The van der Waals surface area contributed by atoms with Gasteiger partial charge in [0, 0.05) is 23.0 Å². The van der Waals surface area contributed by atoms with E-state index in [2.05, 4.69) is 9.97 Å². The van der Waals surface area contributed by atoms with Crippen LogP contribution in [-0.4, -0.2) is 26.6 Å². The number of imidazole rings is 1. The van der Waals surface area contributed by atoms with Crippen LogP contribution in [0, 0.1) is 13.8 Å². The third-order valence-electron chi connectivity index (χ3n) is 4.68. The van der Waals surface area contributed by atoms with E-state index in [1.54, 1.807) is 36.4 Å². The molecule has 28 heavy (non-hydrogen) atoms. The van der Waals surface area contributed by atoms with E-state index in [0.717, 1.165) is 31.9 Å². The molecule has 0 saturated heterocycles. The van der Waals surface area contributed by atoms with Crippen LogP contribution in [-0.2, 0) is 0 Å². The lowest BCUT2D eigenvalue weighted by Crippen LogP contribution is -2.12. The minimum absolute atomic E-state index is 0.0563. The molecule has 3 heterocycles. The number of thiophene rings is 1. The van der Waals surface area contributed by atoms with Gasteiger partial charge in [0.25, 0.3) is 5.56 Å². The van der Waals surface area contributed by atoms with Crippen molar-refractivity contribution in [3.63, 3.8) is 0 Å². The number of methoxy groups -OCH3 is 1. The van der Waals surface area contributed by atoms with Crippen LogP contribution < -0.4 is 10.3 Å². The Morgan fingerprint density at radius 1 is 1.25 bits per heavy atom. The molecular formula is C20H20N4O2S2. The van der Waals surface area contributed by atoms with Crippen molar-refractivity contribution in [1.29, 1.82) is 0 Å². The number of nitrogens with one attached hydrogen (secondary N) is 1. The Morgan fingerprint density at radius 2 is 2.00 bits per heavy atom. The summed E-state index contributed by atoms with van der Waals surface area (Å²) in [4.78, 5) is 26.6. The number of H-pyrrole nitrogens is 1. The quantitative estimate of drug-likeness (QED) is 0.483. The number of hydrogen-bond donors (Lipinski definition) is 1. The molecule has 0 spiro atoms. The first kappa shape index (κ1) is 18.8. The SMILES string of the molecule is COc1ccc(-n2ccnc2SC(C)c2nc3sc(C)c(C)c3c(=O)[nH]2)cc1. The first-order chi connectivity index (χ1) is 13.5. The normalized spacial score (nSPS) is 12.4. The fraction of sp³-hybridized carbons (Fsp3) is 0.250. The van der Waals surface area contributed by atoms with Crippen LogP contribution in [0.4, 0.5) is 0 Å². The molecule has 6 nitrogen and oxygen atoms in total. The van der Waals surface area contributed by atoms with E-state index in [1.807, 2.05) is 55.8 Å². The van der Waals surface area contributed by atoms with Crippen LogP contribution in [0.3, 0.4) is 0 Å². The maximum Gasteiger partial charge on any atom is 0.259 e. The van der Waals surface area contributed by atoms with Crippen molar-refractivity contribution < 1.29 is 4.74 Å². The maximum absolute atomic E-state index is 12.6. The molecule has 1 N–H and O–H groups in total. The zero-order chi connectivity index (χ0) is 19.8. The third kappa shape index (κ3) is 3.33. The van der Waals surface area contributed by atoms with Gasteiger partial charge in [-0.2, -0.15) is 0 Å². The van der Waals surface area contributed by atoms with Gasteiger partial charge in [-0.25, -0.2) is 9.97 Å². The highest BCUT2D eigenvalue weighted by molar-refractivity contribution is 7.99. The zero-order valence-electron chi connectivity index (χ0n) is 16.0. The van der Waals surface area contributed by atoms with Crippen LogP contribution in [0.15, 0.2) is 46.6 Å². The topological polar surface area (TPSA) is 72.8 Å². The Balaban J connectivity index is 1.64. The van der Waals surface area contributed by atoms with Crippen molar-refractivity contribution >= 4 is 33.3 Å². The fourth-order valence-corrected chi connectivity index (χ4v) is 4.97. The molecule has 1 aromatic carbocycles. The van der Waals surface area contributed by atoms with E-state index in [0.29, 0.717) is 11.2 Å². The largest absolute Gasteiger partial charge is 0.497 e. The average molecular weight is 413 g/mol. The first-order valence-corrected chi connectivity index (χ1v) is 10.5. The van der Waals surface area contributed by atoms with Gasteiger partial charge < -0.3 is 9.72 Å². The molecule has 0 radical (unpaired) electrons. The van der Waals surface area contributed by atoms with Crippen LogP contribution >= 0.6 is 23.1 Å². The standard InChI is InChI=1S/C20H20N4O2S2/c1-11-12(2)27-19-16(11)18(25)22-17(23-19)13(3)28-20-21-9-10-24(20)14-5-7-15(26-4)8-6-14/h5-10,13H,1-4H3,(H,22,23,25). The predicted octanol–water partition coefficient (Wildman–Crippen LogP) is 4.65. The van der Waals surface area contributed by atoms with Gasteiger partial charge in [-0.15, -0.1) is 11.3 Å². The Labute approximate surface area is 170 Å². The number of nitrogens with zero attached hydrogens (tertiary/aromatic N) is 3. The van der Waals surface area contributed by atoms with Crippen molar-refractivity contribution in [3.8, 4) is 11.4 Å². The molecule has 0 saturated carbocycles. The van der Waals surface area contributed by atoms with Gasteiger partial charge in [0.2, 0.25) is 0 Å². The molecule has 1 atom stereocenters. The molecule has 0 fully saturated rings. The lowest BCUT2D eigenvalue weighted by atomic mass is 10.2. The summed E-state index contributed by atoms with van der Waals surface area (Å²) in [6.45, 7) is 6.01. The number of aryl methyl sites for hydroxylation is 2. The van der Waals surface area contributed by atoms with E-state index in [4.69, 9.17) is 9.72 Å². The van der Waals surface area contributed by atoms with Gasteiger partial charge in [0.1, 0.15) is 16.4 Å². The number of ether oxygens (including phenoxy) is 1. The second kappa shape index (κ2) is 7.44. The molecule has 3 aromatic heterocycles. The highest BCUT2D eigenvalue weighted by atomic mass is 32.2. The number of hydrogen-bond acceptors (Lipinski definition) is 6. The molecule has 4 rings (SSSR count). The van der Waals surface area contributed by atoms with Crippen molar-refractivity contribution in [1.82, 2.24) is 19.5 Å². The Bertz CT molecular complexity index is 1190. The summed E-state index contributed by atoms with van der Waals surface area (Å²) in [5.74, 6) is 1.47. The third-order valence-corrected chi connectivity index (χ3v) is 6.87. The van der Waals surface area contributed by atoms with Gasteiger partial charge in [-0.1, -0.05) is 11.8 Å². The number of aromatic amines is 1. The van der Waals surface area contributed by atoms with Crippen LogP contribution in [0.1, 0.15) is 28.4 Å². The van der Waals surface area contributed by atoms with Gasteiger partial charge in [0.05, 0.1) is 17.7 Å². The second-order valence-electron chi connectivity index (χ2n) is 6.45. The molecule has 1 unspecified atom stereocenters. The van der Waals surface area contributed by atoms with Crippen LogP contribution in [0.2, 0.25) is 0 Å². The van der Waals surface area contributed by atoms with E-state index in [9.17, 15) is 4.79 Å². The van der Waals surface area contributed by atoms with Crippen molar-refractivity contribution in [3.05, 3.63) is 63.3 Å². The van der Waals surface area contributed by atoms with Gasteiger partial charge >= 0.3 is 0 Å². The predicted molar refractivity (Wildman–Crippen MR) is 114 cm³/mol. The van der Waals surface area contributed by atoms with E-state index < -0.39 is 0 Å². The first-order valence-electron chi connectivity index (χ1n) is 8.82. The number of rotatable bonds is 5. The molecule has 0 aliphatic carbocycles. The van der Waals surface area contributed by atoms with E-state index in [-0.39, 0.29) is 10.8 Å². The minimum atomic E-state index is -0.0761. The smallest absolute Gasteiger partial charge is 0.259 e. The summed E-state index contributed by atoms with van der Waals surface area (Å²) in [6.07, 6.45) is 3.69. The van der Waals surface area contributed by atoms with E-state index in [1.165, 1.54) is 0 Å². The molecule has 0 bridgehead atoms. The monoisotopic (exact) mass is 412 g/mol. The summed E-state index contributed by atoms with van der Waals surface area (Å²) >= 11 is 3.12. The molecule has 8 heteroatoms. The average Bonchev–Trinajstić information content (AvgIpc) is 3.26. The molecular weight excluding hydrogens is 392 g/mol. The second-order valence-corrected chi connectivity index (χ2v) is 8.96. The Morgan fingerprint density at radius 3 is 2.71 bits per heavy atom. The Hall–Kier alpha value is -2.58. The molecule has 0 aliphatic rings. The van der Waals surface area contributed by atoms with Crippen LogP contribution in [0.25, 0.3) is 15.9 Å². The van der Waals surface area contributed by atoms with Crippen LogP contribution in [0.5, 0.6) is 5.75 Å². The van der Waals surface area contributed by atoms with Gasteiger partial charge in [-0.3, -0.25) is 9.36 Å². The molecule has 0 aliphatic heterocycles. The summed E-state index contributed by atoms with van der Waals surface area (Å²) in [5, 5.41) is 1.47. The highest BCUT2D eigenvalue weighted by Crippen LogP contribution is 2.34. The molecule has 0 amide bonds. The van der Waals surface area contributed by atoms with Gasteiger partial charge in [-0.05, 0) is 50.6 Å². The maximum atomic E-state index is 12.6. The Kier molecular flexibility index (Phi) is 4.99. The number of thioether (sulfide) groups is 1. The lowest BCUT2D eigenvalue weighted by molar-refractivity contribution is 0.414. The minimum Gasteiger partial charge on any atom is -0.497 e. The van der Waals surface area contributed by atoms with Gasteiger partial charge in [0.15, 0.2) is 5.16 Å². The zero-order valence-corrected chi connectivity index (χ0v) is 17.6. The summed E-state index contributed by atoms with van der Waals surface area (Å²) < 4.78 is 7.24. The van der Waals surface area contributed by atoms with Crippen molar-refractivity contribution in [2.45, 2.75) is 31.2 Å². The molecule has 144 valence electrons. The summed E-state index contributed by atoms with van der Waals surface area (Å²) in [5.41, 5.74) is 1.93. The number of benzene rings is 1. The van der Waals surface area contributed by atoms with Crippen molar-refractivity contribution in [2.75, 3.05) is 7.11 Å². The molecule has 4 aromatic rings. The summed E-state index contributed by atoms with van der Waals surface area (Å²) in [6, 6.07) is 7.81. The van der Waals surface area contributed by atoms with Crippen molar-refractivity contribution in [2.24, 2.45) is 0 Å². The number of fused-ring (bicyclic) bond motifs is 1. The number of aromatic nitrogens is 4. The fourth-order valence-electron chi connectivity index (χ4n) is 2.99. The highest BCUT2D eigenvalue weighted by Gasteiger charge is 2.18. The summed E-state index contributed by atoms with van der Waals surface area (Å²) in [7, 11) is 1.65.